The number of carbonyl (C=O) groups is 2. The van der Waals surface area contributed by atoms with Gasteiger partial charge in [-0.15, -0.1) is 0 Å². The van der Waals surface area contributed by atoms with E-state index >= 15 is 0 Å². The average Bonchev–Trinajstić information content (AvgIpc) is 3.24. The fourth-order valence-corrected chi connectivity index (χ4v) is 2.91. The van der Waals surface area contributed by atoms with Gasteiger partial charge in [0.15, 0.2) is 0 Å². The lowest BCUT2D eigenvalue weighted by Crippen LogP contribution is -2.33. The van der Waals surface area contributed by atoms with E-state index < -0.39 is 17.7 Å². The van der Waals surface area contributed by atoms with Gasteiger partial charge in [0.2, 0.25) is 0 Å². The molecule has 0 saturated carbocycles. The number of hydrogen-bond acceptors (Lipinski definition) is 6. The highest BCUT2D eigenvalue weighted by molar-refractivity contribution is 6.46. The number of aromatic nitrogens is 1. The number of aliphatic hydroxyl groups is 1. The number of pyridine rings is 1. The first-order valence-corrected chi connectivity index (χ1v) is 8.34. The number of ether oxygens (including phenoxy) is 1. The number of rotatable bonds is 6. The molecule has 0 aliphatic carbocycles. The zero-order chi connectivity index (χ0) is 18.7. The molecule has 1 atom stereocenters. The molecule has 2 aromatic rings. The van der Waals surface area contributed by atoms with Crippen molar-refractivity contribution in [3.63, 3.8) is 0 Å². The number of amides is 1. The van der Waals surface area contributed by atoms with Crippen molar-refractivity contribution in [3.05, 3.63) is 59.8 Å². The second-order valence-electron chi connectivity index (χ2n) is 6.16. The van der Waals surface area contributed by atoms with Crippen molar-refractivity contribution in [1.82, 2.24) is 9.88 Å². The fourth-order valence-electron chi connectivity index (χ4n) is 2.91. The molecule has 3 heterocycles. The van der Waals surface area contributed by atoms with E-state index in [1.807, 2.05) is 13.8 Å². The molecular formula is C19H20N2O5. The van der Waals surface area contributed by atoms with Crippen LogP contribution in [0, 0.1) is 0 Å². The molecule has 1 unspecified atom stereocenters. The van der Waals surface area contributed by atoms with E-state index in [0.29, 0.717) is 11.3 Å². The van der Waals surface area contributed by atoms with Crippen LogP contribution in [0.5, 0.6) is 0 Å². The normalized spacial score (nSPS) is 19.5. The maximum Gasteiger partial charge on any atom is 0.295 e. The van der Waals surface area contributed by atoms with E-state index in [2.05, 4.69) is 4.98 Å². The highest BCUT2D eigenvalue weighted by Crippen LogP contribution is 2.39. The van der Waals surface area contributed by atoms with Crippen LogP contribution in [0.4, 0.5) is 0 Å². The third kappa shape index (κ3) is 3.39. The molecule has 1 amide bonds. The zero-order valence-electron chi connectivity index (χ0n) is 14.6. The molecule has 136 valence electrons. The van der Waals surface area contributed by atoms with E-state index in [9.17, 15) is 14.7 Å². The predicted octanol–water partition coefficient (Wildman–Crippen LogP) is 2.52. The minimum absolute atomic E-state index is 0.000645. The Hall–Kier alpha value is -2.93. The highest BCUT2D eigenvalue weighted by atomic mass is 16.5. The van der Waals surface area contributed by atoms with Crippen molar-refractivity contribution < 1.29 is 23.8 Å². The van der Waals surface area contributed by atoms with Gasteiger partial charge in [-0.2, -0.15) is 0 Å². The number of nitrogens with zero attached hydrogens (tertiary/aromatic N) is 2. The second kappa shape index (κ2) is 7.53. The van der Waals surface area contributed by atoms with Crippen LogP contribution in [0.3, 0.4) is 0 Å². The van der Waals surface area contributed by atoms with Crippen molar-refractivity contribution in [1.29, 1.82) is 0 Å². The Morgan fingerprint density at radius 3 is 2.65 bits per heavy atom. The maximum atomic E-state index is 12.6. The van der Waals surface area contributed by atoms with Crippen LogP contribution in [-0.2, 0) is 14.3 Å². The fraction of sp³-hybridized carbons (Fsp3) is 0.316. The summed E-state index contributed by atoms with van der Waals surface area (Å²) in [7, 11) is 0. The summed E-state index contributed by atoms with van der Waals surface area (Å²) in [5.41, 5.74) is 0.411. The Labute approximate surface area is 150 Å². The molecule has 0 spiro atoms. The molecule has 0 aromatic carbocycles. The number of ketones is 1. The van der Waals surface area contributed by atoms with Gasteiger partial charge in [0, 0.05) is 24.5 Å². The predicted molar refractivity (Wildman–Crippen MR) is 93.0 cm³/mol. The SMILES string of the molecule is CC(C)OCCN1C(=O)C(=O)/C(=C(\O)c2ccncc2)C1c1ccco1. The molecule has 2 aromatic heterocycles. The van der Waals surface area contributed by atoms with Gasteiger partial charge in [0.05, 0.1) is 24.5 Å². The van der Waals surface area contributed by atoms with Crippen LogP contribution in [0.2, 0.25) is 0 Å². The first-order valence-electron chi connectivity index (χ1n) is 8.34. The first kappa shape index (κ1) is 17.9. The van der Waals surface area contributed by atoms with Crippen LogP contribution < -0.4 is 0 Å². The van der Waals surface area contributed by atoms with Crippen molar-refractivity contribution in [2.45, 2.75) is 26.0 Å². The van der Waals surface area contributed by atoms with Crippen molar-refractivity contribution >= 4 is 17.4 Å². The van der Waals surface area contributed by atoms with Crippen LogP contribution in [0.25, 0.3) is 5.76 Å². The minimum Gasteiger partial charge on any atom is -0.507 e. The largest absolute Gasteiger partial charge is 0.507 e. The summed E-state index contributed by atoms with van der Waals surface area (Å²) >= 11 is 0. The molecule has 1 N–H and O–H groups in total. The summed E-state index contributed by atoms with van der Waals surface area (Å²) in [4.78, 5) is 30.4. The van der Waals surface area contributed by atoms with Crippen LogP contribution in [-0.4, -0.2) is 45.9 Å². The summed E-state index contributed by atoms with van der Waals surface area (Å²) in [5, 5.41) is 10.7. The molecule has 1 saturated heterocycles. The molecule has 26 heavy (non-hydrogen) atoms. The third-order valence-electron chi connectivity index (χ3n) is 4.09. The smallest absolute Gasteiger partial charge is 0.295 e. The first-order chi connectivity index (χ1) is 12.5. The summed E-state index contributed by atoms with van der Waals surface area (Å²) in [5.74, 6) is -1.27. The molecule has 1 aliphatic rings. The summed E-state index contributed by atoms with van der Waals surface area (Å²) in [6, 6.07) is 5.70. The van der Waals surface area contributed by atoms with Crippen molar-refractivity contribution in [2.24, 2.45) is 0 Å². The summed E-state index contributed by atoms with van der Waals surface area (Å²) < 4.78 is 11.0. The lowest BCUT2D eigenvalue weighted by atomic mass is 10.00. The van der Waals surface area contributed by atoms with Gasteiger partial charge in [0.1, 0.15) is 17.6 Å². The molecule has 1 fully saturated rings. The van der Waals surface area contributed by atoms with Gasteiger partial charge in [-0.05, 0) is 38.1 Å². The number of Topliss-reactive ketones (excluding diaryl/α,β-unsaturated/α-hetero) is 1. The van der Waals surface area contributed by atoms with Crippen LogP contribution >= 0.6 is 0 Å². The monoisotopic (exact) mass is 356 g/mol. The number of furan rings is 1. The van der Waals surface area contributed by atoms with E-state index in [1.54, 1.807) is 24.3 Å². The van der Waals surface area contributed by atoms with E-state index in [-0.39, 0.29) is 30.6 Å². The summed E-state index contributed by atoms with van der Waals surface area (Å²) in [6.07, 6.45) is 4.48. The van der Waals surface area contributed by atoms with Gasteiger partial charge in [0.25, 0.3) is 11.7 Å². The molecule has 0 radical (unpaired) electrons. The van der Waals surface area contributed by atoms with Gasteiger partial charge in [-0.1, -0.05) is 0 Å². The molecule has 7 heteroatoms. The van der Waals surface area contributed by atoms with Gasteiger partial charge < -0.3 is 19.2 Å². The standard InChI is InChI=1S/C19H20N2O5/c1-12(2)25-11-9-21-16(14-4-3-10-26-14)15(18(23)19(21)24)17(22)13-5-7-20-8-6-13/h3-8,10,12,16,22H,9,11H2,1-2H3/b17-15-. The van der Waals surface area contributed by atoms with Crippen LogP contribution in [0.15, 0.2) is 52.9 Å². The highest BCUT2D eigenvalue weighted by Gasteiger charge is 2.47. The van der Waals surface area contributed by atoms with E-state index in [4.69, 9.17) is 9.15 Å². The Kier molecular flexibility index (Phi) is 5.18. The molecule has 7 nitrogen and oxygen atoms in total. The number of aliphatic hydroxyl groups excluding tert-OH is 1. The van der Waals surface area contributed by atoms with Crippen molar-refractivity contribution in [3.8, 4) is 0 Å². The topological polar surface area (TPSA) is 92.9 Å². The maximum absolute atomic E-state index is 12.6. The summed E-state index contributed by atoms with van der Waals surface area (Å²) in [6.45, 7) is 4.27. The Morgan fingerprint density at radius 1 is 1.31 bits per heavy atom. The van der Waals surface area contributed by atoms with Crippen molar-refractivity contribution in [2.75, 3.05) is 13.2 Å². The lowest BCUT2D eigenvalue weighted by Gasteiger charge is -2.23. The average molecular weight is 356 g/mol. The van der Waals surface area contributed by atoms with Crippen LogP contribution in [0.1, 0.15) is 31.2 Å². The van der Waals surface area contributed by atoms with Gasteiger partial charge in [-0.3, -0.25) is 14.6 Å². The third-order valence-corrected chi connectivity index (χ3v) is 4.09. The molecule has 0 bridgehead atoms. The van der Waals surface area contributed by atoms with E-state index in [0.717, 1.165) is 0 Å². The van der Waals surface area contributed by atoms with Gasteiger partial charge in [-0.25, -0.2) is 0 Å². The number of carbonyl (C=O) groups excluding carboxylic acids is 2. The number of hydrogen-bond donors (Lipinski definition) is 1. The molecule has 3 rings (SSSR count). The Balaban J connectivity index is 2.02. The quantitative estimate of drug-likeness (QED) is 0.486. The second-order valence-corrected chi connectivity index (χ2v) is 6.16. The zero-order valence-corrected chi connectivity index (χ0v) is 14.6. The number of likely N-dealkylation sites (tertiary alicyclic amines) is 1. The lowest BCUT2D eigenvalue weighted by molar-refractivity contribution is -0.140. The van der Waals surface area contributed by atoms with Gasteiger partial charge >= 0.3 is 0 Å². The Morgan fingerprint density at radius 2 is 2.04 bits per heavy atom. The van der Waals surface area contributed by atoms with E-state index in [1.165, 1.54) is 23.6 Å². The molecular weight excluding hydrogens is 336 g/mol. The minimum atomic E-state index is -0.797. The molecule has 1 aliphatic heterocycles. The Bertz CT molecular complexity index is 812.